The Bertz CT molecular complexity index is 853. The van der Waals surface area contributed by atoms with E-state index in [2.05, 4.69) is 10.6 Å². The number of benzene rings is 2. The monoisotopic (exact) mass is 386 g/mol. The predicted octanol–water partition coefficient (Wildman–Crippen LogP) is 0.574. The molecule has 0 fully saturated rings. The van der Waals surface area contributed by atoms with Crippen molar-refractivity contribution in [2.75, 3.05) is 45.0 Å². The first-order valence-corrected chi connectivity index (χ1v) is 8.65. The van der Waals surface area contributed by atoms with Gasteiger partial charge in [-0.05, 0) is 24.3 Å². The van der Waals surface area contributed by atoms with E-state index in [1.54, 1.807) is 62.7 Å². The van der Waals surface area contributed by atoms with E-state index >= 15 is 0 Å². The lowest BCUT2D eigenvalue weighted by Crippen LogP contribution is -3.11. The minimum atomic E-state index is -0.533. The Morgan fingerprint density at radius 3 is 2.29 bits per heavy atom. The van der Waals surface area contributed by atoms with Crippen LogP contribution in [0.1, 0.15) is 10.4 Å². The smallest absolute Gasteiger partial charge is 0.339 e. The fraction of sp³-hybridized carbons (Fsp3) is 0.250. The maximum Gasteiger partial charge on any atom is 0.339 e. The van der Waals surface area contributed by atoms with Gasteiger partial charge in [0.15, 0.2) is 13.1 Å². The van der Waals surface area contributed by atoms with E-state index < -0.39 is 5.97 Å². The van der Waals surface area contributed by atoms with Crippen LogP contribution in [0.25, 0.3) is 0 Å². The van der Waals surface area contributed by atoms with Gasteiger partial charge in [0, 0.05) is 11.8 Å². The predicted molar refractivity (Wildman–Crippen MR) is 105 cm³/mol. The molecule has 0 aliphatic rings. The molecule has 1 unspecified atom stereocenters. The zero-order valence-electron chi connectivity index (χ0n) is 16.1. The van der Waals surface area contributed by atoms with Crippen LogP contribution in [0.5, 0.6) is 5.75 Å². The average Bonchev–Trinajstić information content (AvgIpc) is 2.67. The number of carbonyl (C=O) groups excluding carboxylic acids is 3. The molecule has 1 atom stereocenters. The Balaban J connectivity index is 1.89. The average molecular weight is 386 g/mol. The topological polar surface area (TPSA) is 98.2 Å². The number of methoxy groups -OCH3 is 2. The van der Waals surface area contributed by atoms with Crippen molar-refractivity contribution in [2.24, 2.45) is 0 Å². The van der Waals surface area contributed by atoms with Crippen LogP contribution in [0.4, 0.5) is 11.4 Å². The lowest BCUT2D eigenvalue weighted by Gasteiger charge is -2.15. The summed E-state index contributed by atoms with van der Waals surface area (Å²) in [5.74, 6) is -0.437. The summed E-state index contributed by atoms with van der Waals surface area (Å²) >= 11 is 0. The van der Waals surface area contributed by atoms with Crippen LogP contribution in [0.2, 0.25) is 0 Å². The fourth-order valence-corrected chi connectivity index (χ4v) is 2.59. The van der Waals surface area contributed by atoms with Crippen molar-refractivity contribution in [3.63, 3.8) is 0 Å². The Morgan fingerprint density at radius 1 is 0.929 bits per heavy atom. The number of hydrogen-bond acceptors (Lipinski definition) is 5. The molecule has 148 valence electrons. The molecule has 2 aromatic rings. The third-order valence-electron chi connectivity index (χ3n) is 3.88. The number of nitrogens with one attached hydrogen (secondary N) is 3. The van der Waals surface area contributed by atoms with Crippen LogP contribution < -0.4 is 20.3 Å². The lowest BCUT2D eigenvalue weighted by atomic mass is 10.2. The van der Waals surface area contributed by atoms with Gasteiger partial charge in [-0.1, -0.05) is 18.2 Å². The highest BCUT2D eigenvalue weighted by atomic mass is 16.5. The first kappa shape index (κ1) is 20.9. The van der Waals surface area contributed by atoms with Crippen LogP contribution in [-0.2, 0) is 14.3 Å². The Hall–Kier alpha value is -3.39. The van der Waals surface area contributed by atoms with Crippen molar-refractivity contribution >= 4 is 29.2 Å². The van der Waals surface area contributed by atoms with Crippen LogP contribution in [0.3, 0.4) is 0 Å². The maximum absolute atomic E-state index is 12.3. The van der Waals surface area contributed by atoms with Crippen molar-refractivity contribution in [3.05, 3.63) is 54.1 Å². The van der Waals surface area contributed by atoms with E-state index in [0.717, 1.165) is 0 Å². The highest BCUT2D eigenvalue weighted by molar-refractivity contribution is 6.01. The molecule has 0 aliphatic heterocycles. The van der Waals surface area contributed by atoms with Crippen LogP contribution in [0.15, 0.2) is 48.5 Å². The second-order valence-corrected chi connectivity index (χ2v) is 6.18. The van der Waals surface area contributed by atoms with Crippen molar-refractivity contribution in [3.8, 4) is 5.75 Å². The largest absolute Gasteiger partial charge is 0.497 e. The molecule has 2 amide bonds. The molecule has 0 saturated carbocycles. The standard InChI is InChI=1S/C20H23N3O5/c1-23(12-18(24)21-14-7-6-8-15(11-14)27-2)13-19(25)22-17-10-5-4-9-16(17)20(26)28-3/h4-11H,12-13H2,1-3H3,(H,21,24)(H,22,25)/p+1. The van der Waals surface area contributed by atoms with Crippen LogP contribution in [0, 0.1) is 0 Å². The van der Waals surface area contributed by atoms with Gasteiger partial charge in [0.25, 0.3) is 11.8 Å². The third-order valence-corrected chi connectivity index (χ3v) is 3.88. The number of carbonyl (C=O) groups is 3. The van der Waals surface area contributed by atoms with E-state index in [1.807, 2.05) is 0 Å². The summed E-state index contributed by atoms with van der Waals surface area (Å²) in [5.41, 5.74) is 1.26. The normalized spacial score (nSPS) is 11.2. The number of ether oxygens (including phenoxy) is 2. The van der Waals surface area contributed by atoms with E-state index in [1.165, 1.54) is 7.11 Å². The van der Waals surface area contributed by atoms with Crippen LogP contribution >= 0.6 is 0 Å². The highest BCUT2D eigenvalue weighted by Gasteiger charge is 2.17. The Kier molecular flexibility index (Phi) is 7.53. The van der Waals surface area contributed by atoms with Crippen molar-refractivity contribution in [1.29, 1.82) is 0 Å². The van der Waals surface area contributed by atoms with Crippen LogP contribution in [-0.4, -0.2) is 52.1 Å². The Labute approximate surface area is 163 Å². The first-order valence-electron chi connectivity index (χ1n) is 8.65. The van der Waals surface area contributed by atoms with Gasteiger partial charge in [0.05, 0.1) is 32.5 Å². The van der Waals surface area contributed by atoms with Crippen molar-refractivity contribution in [2.45, 2.75) is 0 Å². The van der Waals surface area contributed by atoms with Gasteiger partial charge in [0.2, 0.25) is 0 Å². The number of esters is 1. The summed E-state index contributed by atoms with van der Waals surface area (Å²) in [6, 6.07) is 13.6. The number of hydrogen-bond donors (Lipinski definition) is 3. The van der Waals surface area contributed by atoms with E-state index in [4.69, 9.17) is 9.47 Å². The molecule has 3 N–H and O–H groups in total. The molecule has 0 bridgehead atoms. The number of likely N-dealkylation sites (N-methyl/N-ethyl adjacent to an activating group) is 1. The highest BCUT2D eigenvalue weighted by Crippen LogP contribution is 2.16. The molecule has 0 radical (unpaired) electrons. The lowest BCUT2D eigenvalue weighted by molar-refractivity contribution is -0.862. The zero-order valence-corrected chi connectivity index (χ0v) is 16.1. The second kappa shape index (κ2) is 10.1. The van der Waals surface area contributed by atoms with Gasteiger partial charge in [-0.2, -0.15) is 0 Å². The summed E-state index contributed by atoms with van der Waals surface area (Å²) in [6.07, 6.45) is 0. The number of para-hydroxylation sites is 1. The molecule has 28 heavy (non-hydrogen) atoms. The minimum Gasteiger partial charge on any atom is -0.497 e. The molecule has 0 saturated heterocycles. The van der Waals surface area contributed by atoms with Gasteiger partial charge < -0.3 is 25.0 Å². The zero-order chi connectivity index (χ0) is 20.5. The maximum atomic E-state index is 12.3. The summed E-state index contributed by atoms with van der Waals surface area (Å²) in [7, 11) is 4.56. The molecule has 0 aromatic heterocycles. The molecular weight excluding hydrogens is 362 g/mol. The molecule has 0 spiro atoms. The molecule has 0 heterocycles. The molecule has 8 heteroatoms. The number of quaternary nitrogens is 1. The number of anilines is 2. The molecule has 2 aromatic carbocycles. The van der Waals surface area contributed by atoms with E-state index in [-0.39, 0.29) is 30.5 Å². The number of rotatable bonds is 8. The summed E-state index contributed by atoms with van der Waals surface area (Å²) in [4.78, 5) is 36.9. The summed E-state index contributed by atoms with van der Waals surface area (Å²) < 4.78 is 9.83. The van der Waals surface area contributed by atoms with E-state index in [0.29, 0.717) is 22.0 Å². The van der Waals surface area contributed by atoms with Gasteiger partial charge in [-0.3, -0.25) is 9.59 Å². The molecule has 8 nitrogen and oxygen atoms in total. The quantitative estimate of drug-likeness (QED) is 0.577. The Morgan fingerprint density at radius 2 is 1.61 bits per heavy atom. The fourth-order valence-electron chi connectivity index (χ4n) is 2.59. The SMILES string of the molecule is COC(=O)c1ccccc1NC(=O)C[NH+](C)CC(=O)Nc1cccc(OC)c1. The third kappa shape index (κ3) is 6.10. The van der Waals surface area contributed by atoms with Crippen molar-refractivity contribution < 1.29 is 28.8 Å². The van der Waals surface area contributed by atoms with Gasteiger partial charge in [-0.15, -0.1) is 0 Å². The summed E-state index contributed by atoms with van der Waals surface area (Å²) in [5, 5.41) is 5.46. The second-order valence-electron chi connectivity index (χ2n) is 6.18. The summed E-state index contributed by atoms with van der Waals surface area (Å²) in [6.45, 7) is 0.157. The van der Waals surface area contributed by atoms with Crippen molar-refractivity contribution in [1.82, 2.24) is 0 Å². The molecular formula is C20H24N3O5+. The van der Waals surface area contributed by atoms with Gasteiger partial charge in [-0.25, -0.2) is 4.79 Å². The first-order chi connectivity index (χ1) is 13.4. The van der Waals surface area contributed by atoms with Gasteiger partial charge >= 0.3 is 5.97 Å². The molecule has 2 rings (SSSR count). The minimum absolute atomic E-state index is 0.0566. The van der Waals surface area contributed by atoms with E-state index in [9.17, 15) is 14.4 Å². The number of amides is 2. The van der Waals surface area contributed by atoms with Gasteiger partial charge in [0.1, 0.15) is 5.75 Å². The molecule has 0 aliphatic carbocycles.